The first-order valence-corrected chi connectivity index (χ1v) is 7.84. The number of Topliss-reactive ketones (excluding diaryl/α,β-unsaturated/α-hetero) is 1. The summed E-state index contributed by atoms with van der Waals surface area (Å²) in [6.07, 6.45) is 1.53. The van der Waals surface area contributed by atoms with E-state index in [4.69, 9.17) is 0 Å². The number of thioether (sulfide) groups is 1. The normalized spacial score (nSPS) is 10.5. The third-order valence-electron chi connectivity index (χ3n) is 2.62. The van der Waals surface area contributed by atoms with E-state index in [1.165, 1.54) is 15.3 Å². The van der Waals surface area contributed by atoms with Crippen LogP contribution in [0.15, 0.2) is 46.7 Å². The second-order valence-electron chi connectivity index (χ2n) is 4.22. The van der Waals surface area contributed by atoms with E-state index in [0.29, 0.717) is 18.0 Å². The predicted molar refractivity (Wildman–Crippen MR) is 79.6 cm³/mol. The maximum atomic E-state index is 11.8. The molecule has 3 heteroatoms. The lowest BCUT2D eigenvalue weighted by Gasteiger charge is -2.02. The van der Waals surface area contributed by atoms with E-state index in [1.54, 1.807) is 23.1 Å². The van der Waals surface area contributed by atoms with Gasteiger partial charge in [0.2, 0.25) is 0 Å². The van der Waals surface area contributed by atoms with Crippen molar-refractivity contribution in [2.45, 2.75) is 24.7 Å². The van der Waals surface area contributed by atoms with E-state index in [1.807, 2.05) is 12.1 Å². The van der Waals surface area contributed by atoms with E-state index < -0.39 is 0 Å². The van der Waals surface area contributed by atoms with E-state index in [-0.39, 0.29) is 0 Å². The lowest BCUT2D eigenvalue weighted by atomic mass is 10.2. The van der Waals surface area contributed by atoms with Crippen LogP contribution in [0.5, 0.6) is 0 Å². The number of rotatable bonds is 6. The van der Waals surface area contributed by atoms with Gasteiger partial charge in [0, 0.05) is 16.2 Å². The first-order chi connectivity index (χ1) is 8.74. The Balaban J connectivity index is 1.75. The third kappa shape index (κ3) is 4.31. The smallest absolute Gasteiger partial charge is 0.143 e. The SMILES string of the molecule is Cc1cccc(SCC(=O)CCc2cccs2)c1. The number of aryl methyl sites for hydroxylation is 2. The van der Waals surface area contributed by atoms with Gasteiger partial charge in [-0.1, -0.05) is 23.8 Å². The molecular weight excluding hydrogens is 260 g/mol. The quantitative estimate of drug-likeness (QED) is 0.730. The number of hydrogen-bond donors (Lipinski definition) is 0. The molecular formula is C15H16OS2. The first kappa shape index (κ1) is 13.4. The molecule has 0 amide bonds. The van der Waals surface area contributed by atoms with Gasteiger partial charge in [0.25, 0.3) is 0 Å². The second kappa shape index (κ2) is 6.76. The maximum Gasteiger partial charge on any atom is 0.143 e. The average molecular weight is 276 g/mol. The highest BCUT2D eigenvalue weighted by Gasteiger charge is 2.04. The molecule has 0 N–H and O–H groups in total. The van der Waals surface area contributed by atoms with E-state index in [9.17, 15) is 4.79 Å². The van der Waals surface area contributed by atoms with Crippen LogP contribution in [0.4, 0.5) is 0 Å². The number of thiophene rings is 1. The fraction of sp³-hybridized carbons (Fsp3) is 0.267. The Hall–Kier alpha value is -1.06. The molecule has 0 aliphatic carbocycles. The van der Waals surface area contributed by atoms with Crippen LogP contribution >= 0.6 is 23.1 Å². The summed E-state index contributed by atoms with van der Waals surface area (Å²) in [7, 11) is 0. The standard InChI is InChI=1S/C15H16OS2/c1-12-4-2-5-15(10-12)18-11-13(16)7-8-14-6-3-9-17-14/h2-6,9-10H,7-8,11H2,1H3. The van der Waals surface area contributed by atoms with Gasteiger partial charge in [0.1, 0.15) is 5.78 Å². The first-order valence-electron chi connectivity index (χ1n) is 5.97. The highest BCUT2D eigenvalue weighted by molar-refractivity contribution is 8.00. The summed E-state index contributed by atoms with van der Waals surface area (Å²) in [5.41, 5.74) is 1.24. The van der Waals surface area contributed by atoms with Crippen molar-refractivity contribution in [3.63, 3.8) is 0 Å². The summed E-state index contributed by atoms with van der Waals surface area (Å²) in [6.45, 7) is 2.07. The van der Waals surface area contributed by atoms with Gasteiger partial charge in [-0.3, -0.25) is 4.79 Å². The number of ketones is 1. The van der Waals surface area contributed by atoms with Crippen LogP contribution in [0.3, 0.4) is 0 Å². The molecule has 1 aromatic carbocycles. The average Bonchev–Trinajstić information content (AvgIpc) is 2.87. The van der Waals surface area contributed by atoms with Crippen LogP contribution in [-0.4, -0.2) is 11.5 Å². The zero-order chi connectivity index (χ0) is 12.8. The highest BCUT2D eigenvalue weighted by atomic mass is 32.2. The van der Waals surface area contributed by atoms with Crippen molar-refractivity contribution in [2.75, 3.05) is 5.75 Å². The maximum absolute atomic E-state index is 11.8. The molecule has 0 bridgehead atoms. The summed E-state index contributed by atoms with van der Waals surface area (Å²) < 4.78 is 0. The molecule has 0 radical (unpaired) electrons. The molecule has 94 valence electrons. The van der Waals surface area contributed by atoms with Crippen LogP contribution < -0.4 is 0 Å². The Morgan fingerprint density at radius 2 is 2.17 bits per heavy atom. The summed E-state index contributed by atoms with van der Waals surface area (Å²) in [5.74, 6) is 0.907. The van der Waals surface area contributed by atoms with Gasteiger partial charge in [-0.2, -0.15) is 0 Å². The van der Waals surface area contributed by atoms with Crippen molar-refractivity contribution >= 4 is 28.9 Å². The molecule has 0 saturated carbocycles. The third-order valence-corrected chi connectivity index (χ3v) is 4.61. The Morgan fingerprint density at radius 1 is 1.28 bits per heavy atom. The number of hydrogen-bond acceptors (Lipinski definition) is 3. The van der Waals surface area contributed by atoms with Crippen molar-refractivity contribution in [1.29, 1.82) is 0 Å². The molecule has 0 fully saturated rings. The molecule has 0 unspecified atom stereocenters. The zero-order valence-electron chi connectivity index (χ0n) is 10.4. The van der Waals surface area contributed by atoms with Crippen LogP contribution in [0.2, 0.25) is 0 Å². The minimum absolute atomic E-state index is 0.329. The molecule has 0 atom stereocenters. The van der Waals surface area contributed by atoms with Crippen molar-refractivity contribution in [3.8, 4) is 0 Å². The summed E-state index contributed by atoms with van der Waals surface area (Å²) in [5, 5.41) is 2.06. The van der Waals surface area contributed by atoms with E-state index in [0.717, 1.165) is 6.42 Å². The van der Waals surface area contributed by atoms with Crippen molar-refractivity contribution in [1.82, 2.24) is 0 Å². The van der Waals surface area contributed by atoms with Crippen LogP contribution in [0, 0.1) is 6.92 Å². The van der Waals surface area contributed by atoms with Crippen molar-refractivity contribution in [2.24, 2.45) is 0 Å². The molecule has 2 aromatic rings. The molecule has 1 nitrogen and oxygen atoms in total. The molecule has 0 aliphatic rings. The predicted octanol–water partition coefficient (Wildman–Crippen LogP) is 4.35. The number of carbonyl (C=O) groups is 1. The van der Waals surface area contributed by atoms with Gasteiger partial charge in [-0.15, -0.1) is 23.1 Å². The van der Waals surface area contributed by atoms with E-state index >= 15 is 0 Å². The number of carbonyl (C=O) groups excluding carboxylic acids is 1. The van der Waals surface area contributed by atoms with Gasteiger partial charge >= 0.3 is 0 Å². The van der Waals surface area contributed by atoms with Crippen LogP contribution in [-0.2, 0) is 11.2 Å². The minimum atomic E-state index is 0.329. The highest BCUT2D eigenvalue weighted by Crippen LogP contribution is 2.20. The Labute approximate surface area is 116 Å². The van der Waals surface area contributed by atoms with E-state index in [2.05, 4.69) is 36.6 Å². The zero-order valence-corrected chi connectivity index (χ0v) is 12.0. The van der Waals surface area contributed by atoms with Gasteiger partial charge in [-0.05, 0) is 36.9 Å². The molecule has 2 rings (SSSR count). The molecule has 1 aromatic heterocycles. The summed E-state index contributed by atoms with van der Waals surface area (Å²) in [6, 6.07) is 12.4. The second-order valence-corrected chi connectivity index (χ2v) is 6.30. The van der Waals surface area contributed by atoms with Gasteiger partial charge in [0.05, 0.1) is 5.75 Å². The topological polar surface area (TPSA) is 17.1 Å². The minimum Gasteiger partial charge on any atom is -0.299 e. The molecule has 0 aliphatic heterocycles. The summed E-state index contributed by atoms with van der Waals surface area (Å²) >= 11 is 3.36. The molecule has 18 heavy (non-hydrogen) atoms. The van der Waals surface area contributed by atoms with Crippen molar-refractivity contribution in [3.05, 3.63) is 52.2 Å². The summed E-state index contributed by atoms with van der Waals surface area (Å²) in [4.78, 5) is 14.3. The Morgan fingerprint density at radius 3 is 2.89 bits per heavy atom. The Bertz CT molecular complexity index is 503. The van der Waals surface area contributed by atoms with Crippen molar-refractivity contribution < 1.29 is 4.79 Å². The van der Waals surface area contributed by atoms with Gasteiger partial charge < -0.3 is 0 Å². The Kier molecular flexibility index (Phi) is 5.02. The fourth-order valence-corrected chi connectivity index (χ4v) is 3.28. The van der Waals surface area contributed by atoms with Crippen LogP contribution in [0.1, 0.15) is 16.9 Å². The lowest BCUT2D eigenvalue weighted by Crippen LogP contribution is -2.02. The van der Waals surface area contributed by atoms with Gasteiger partial charge in [-0.25, -0.2) is 0 Å². The van der Waals surface area contributed by atoms with Crippen LogP contribution in [0.25, 0.3) is 0 Å². The monoisotopic (exact) mass is 276 g/mol. The largest absolute Gasteiger partial charge is 0.299 e. The molecule has 1 heterocycles. The van der Waals surface area contributed by atoms with Gasteiger partial charge in [0.15, 0.2) is 0 Å². The molecule has 0 spiro atoms. The lowest BCUT2D eigenvalue weighted by molar-refractivity contribution is -0.116. The molecule has 0 saturated heterocycles. The number of benzene rings is 1. The fourth-order valence-electron chi connectivity index (χ4n) is 1.66.